The fourth-order valence-corrected chi connectivity index (χ4v) is 7.03. The van der Waals surface area contributed by atoms with Crippen molar-refractivity contribution in [2.24, 2.45) is 4.99 Å². The molecule has 6 rings (SSSR count). The molecular weight excluding hydrogens is 681 g/mol. The number of hydrogen-bond acceptors (Lipinski definition) is 9. The molecule has 0 fully saturated rings. The molecule has 2 aliphatic heterocycles. The summed E-state index contributed by atoms with van der Waals surface area (Å²) in [5, 5.41) is 3.49. The Morgan fingerprint density at radius 3 is 2.24 bits per heavy atom. The zero-order valence-corrected chi connectivity index (χ0v) is 31.5. The fraction of sp³-hybridized carbons (Fsp3) is 0.295. The molecule has 0 bridgehead atoms. The molecule has 1 unspecified atom stereocenters. The van der Waals surface area contributed by atoms with Crippen molar-refractivity contribution >= 4 is 30.3 Å². The van der Waals surface area contributed by atoms with Crippen molar-refractivity contribution < 1.29 is 28.5 Å². The van der Waals surface area contributed by atoms with Crippen LogP contribution in [-0.2, 0) is 25.9 Å². The molecule has 280 valence electrons. The minimum atomic E-state index is -0.132. The molecular formula is C44H48N4O6. The highest BCUT2D eigenvalue weighted by atomic mass is 16.5. The second kappa shape index (κ2) is 17.3. The number of nitrogens with one attached hydrogen (secondary N) is 1. The normalized spacial score (nSPS) is 15.4. The smallest absolute Gasteiger partial charge is 0.256 e. The molecule has 4 aromatic carbocycles. The number of ether oxygens (including phenoxy) is 4. The van der Waals surface area contributed by atoms with Crippen LogP contribution in [0.2, 0.25) is 0 Å². The lowest BCUT2D eigenvalue weighted by molar-refractivity contribution is 0.0735. The van der Waals surface area contributed by atoms with Crippen LogP contribution in [0.4, 0.5) is 11.4 Å². The molecule has 0 radical (unpaired) electrons. The maximum absolute atomic E-state index is 13.6. The van der Waals surface area contributed by atoms with Gasteiger partial charge in [0.2, 0.25) is 0 Å². The molecule has 0 aliphatic carbocycles. The number of benzene rings is 4. The average molecular weight is 729 g/mol. The Bertz CT molecular complexity index is 2070. The zero-order valence-electron chi connectivity index (χ0n) is 31.5. The number of rotatable bonds is 15. The van der Waals surface area contributed by atoms with Crippen molar-refractivity contribution in [3.05, 3.63) is 130 Å². The van der Waals surface area contributed by atoms with Gasteiger partial charge in [-0.2, -0.15) is 0 Å². The molecule has 0 saturated carbocycles. The third kappa shape index (κ3) is 8.66. The van der Waals surface area contributed by atoms with E-state index < -0.39 is 0 Å². The van der Waals surface area contributed by atoms with E-state index in [1.165, 1.54) is 16.7 Å². The Hall–Kier alpha value is -5.87. The lowest BCUT2D eigenvalue weighted by Crippen LogP contribution is -2.42. The standard InChI is InChI=1S/C44H48N4O6/c1-29(27-53-42-21-38(35(26-49)19-40(42)51-5)46-23-36-18-32-12-8-10-13-33(32)24-47(36)4)17-30(2)28-54-43-22-39(45-3)37(20-41(43)52-6)44(50)48-16-15-31-11-7-9-14-34(31)25-48/h7-14,17,19-22,26,36,46H,1,3,15-16,18,23-25,27-28H2,2,4-6H3/b30-17+. The molecule has 10 heteroatoms. The highest BCUT2D eigenvalue weighted by Crippen LogP contribution is 2.37. The third-order valence-electron chi connectivity index (χ3n) is 10.0. The third-order valence-corrected chi connectivity index (χ3v) is 10.0. The van der Waals surface area contributed by atoms with Crippen molar-refractivity contribution in [2.45, 2.75) is 38.9 Å². The first-order valence-electron chi connectivity index (χ1n) is 18.0. The van der Waals surface area contributed by atoms with Gasteiger partial charge in [-0.15, -0.1) is 0 Å². The Balaban J connectivity index is 1.07. The van der Waals surface area contributed by atoms with Crippen LogP contribution in [-0.4, -0.2) is 82.3 Å². The van der Waals surface area contributed by atoms with Gasteiger partial charge in [0, 0.05) is 55.6 Å². The molecule has 1 amide bonds. The molecule has 2 aliphatic rings. The monoisotopic (exact) mass is 728 g/mol. The fourth-order valence-electron chi connectivity index (χ4n) is 7.03. The maximum Gasteiger partial charge on any atom is 0.256 e. The van der Waals surface area contributed by atoms with Crippen LogP contribution in [0.15, 0.2) is 102 Å². The van der Waals surface area contributed by atoms with Crippen LogP contribution in [0.25, 0.3) is 0 Å². The number of hydrogen-bond donors (Lipinski definition) is 1. The zero-order chi connectivity index (χ0) is 38.2. The van der Waals surface area contributed by atoms with Gasteiger partial charge in [-0.3, -0.25) is 19.5 Å². The van der Waals surface area contributed by atoms with E-state index in [-0.39, 0.29) is 25.2 Å². The minimum absolute atomic E-state index is 0.132. The highest BCUT2D eigenvalue weighted by Gasteiger charge is 2.26. The Kier molecular flexibility index (Phi) is 12.1. The van der Waals surface area contributed by atoms with E-state index in [1.54, 1.807) is 32.4 Å². The number of amides is 1. The number of anilines is 1. The van der Waals surface area contributed by atoms with Gasteiger partial charge in [-0.05, 0) is 79.1 Å². The van der Waals surface area contributed by atoms with Crippen molar-refractivity contribution in [3.8, 4) is 23.0 Å². The van der Waals surface area contributed by atoms with Crippen LogP contribution in [0.1, 0.15) is 49.9 Å². The van der Waals surface area contributed by atoms with E-state index in [1.807, 2.05) is 36.1 Å². The summed E-state index contributed by atoms with van der Waals surface area (Å²) < 4.78 is 23.5. The van der Waals surface area contributed by atoms with Crippen LogP contribution >= 0.6 is 0 Å². The van der Waals surface area contributed by atoms with Crippen molar-refractivity contribution in [3.63, 3.8) is 0 Å². The molecule has 1 atom stereocenters. The number of methoxy groups -OCH3 is 2. The maximum atomic E-state index is 13.6. The summed E-state index contributed by atoms with van der Waals surface area (Å²) in [6, 6.07) is 23.8. The topological polar surface area (TPSA) is 102 Å². The predicted molar refractivity (Wildman–Crippen MR) is 213 cm³/mol. The molecule has 0 saturated heterocycles. The quantitative estimate of drug-likeness (QED) is 0.0765. The first-order valence-corrected chi connectivity index (χ1v) is 18.0. The summed E-state index contributed by atoms with van der Waals surface area (Å²) in [5.74, 6) is 1.68. The summed E-state index contributed by atoms with van der Waals surface area (Å²) in [7, 11) is 5.21. The summed E-state index contributed by atoms with van der Waals surface area (Å²) in [6.07, 6.45) is 4.44. The van der Waals surface area contributed by atoms with Gasteiger partial charge < -0.3 is 29.2 Å². The Labute approximate surface area is 317 Å². The van der Waals surface area contributed by atoms with Crippen molar-refractivity contribution in [1.29, 1.82) is 0 Å². The predicted octanol–water partition coefficient (Wildman–Crippen LogP) is 7.48. The Morgan fingerprint density at radius 2 is 1.54 bits per heavy atom. The van der Waals surface area contributed by atoms with E-state index in [4.69, 9.17) is 18.9 Å². The van der Waals surface area contributed by atoms with Gasteiger partial charge in [-0.25, -0.2) is 0 Å². The number of fused-ring (bicyclic) bond motifs is 2. The van der Waals surface area contributed by atoms with E-state index in [0.717, 1.165) is 36.8 Å². The first-order chi connectivity index (χ1) is 26.2. The van der Waals surface area contributed by atoms with Gasteiger partial charge >= 0.3 is 0 Å². The lowest BCUT2D eigenvalue weighted by Gasteiger charge is -2.34. The number of likely N-dealkylation sites (N-methyl/N-ethyl adjacent to an activating group) is 1. The van der Waals surface area contributed by atoms with E-state index >= 15 is 0 Å². The molecule has 2 heterocycles. The van der Waals surface area contributed by atoms with Crippen LogP contribution in [0.5, 0.6) is 23.0 Å². The van der Waals surface area contributed by atoms with Gasteiger partial charge in [0.1, 0.15) is 13.2 Å². The van der Waals surface area contributed by atoms with Crippen LogP contribution in [0.3, 0.4) is 0 Å². The van der Waals surface area contributed by atoms with Gasteiger partial charge in [-0.1, -0.05) is 61.2 Å². The Morgan fingerprint density at radius 1 is 0.889 bits per heavy atom. The molecule has 54 heavy (non-hydrogen) atoms. The molecule has 4 aromatic rings. The van der Waals surface area contributed by atoms with Crippen molar-refractivity contribution in [2.75, 3.05) is 52.9 Å². The summed E-state index contributed by atoms with van der Waals surface area (Å²) in [6.45, 7) is 12.9. The number of carbonyl (C=O) groups is 2. The molecule has 1 N–H and O–H groups in total. The highest BCUT2D eigenvalue weighted by molar-refractivity contribution is 6.00. The van der Waals surface area contributed by atoms with Crippen LogP contribution < -0.4 is 24.3 Å². The van der Waals surface area contributed by atoms with Gasteiger partial charge in [0.05, 0.1) is 25.5 Å². The lowest BCUT2D eigenvalue weighted by atomic mass is 9.94. The second-order valence-corrected chi connectivity index (χ2v) is 13.8. The van der Waals surface area contributed by atoms with Crippen molar-refractivity contribution in [1.82, 2.24) is 9.80 Å². The SMILES string of the molecule is C=Nc1cc(OC/C(C)=C/C(=C)COc2cc(NCC3Cc4ccccc4CN3C)c(C=O)cc2OC)c(OC)cc1C(=O)N1CCc2ccccc2C1. The number of carbonyl (C=O) groups excluding carboxylic acids is 2. The molecule has 0 spiro atoms. The molecule has 10 nitrogen and oxygen atoms in total. The van der Waals surface area contributed by atoms with E-state index in [9.17, 15) is 9.59 Å². The van der Waals surface area contributed by atoms with Gasteiger partial charge in [0.15, 0.2) is 29.3 Å². The summed E-state index contributed by atoms with van der Waals surface area (Å²) in [4.78, 5) is 34.0. The number of nitrogens with zero attached hydrogens (tertiary/aromatic N) is 3. The first kappa shape index (κ1) is 37.9. The minimum Gasteiger partial charge on any atom is -0.493 e. The van der Waals surface area contributed by atoms with Gasteiger partial charge in [0.25, 0.3) is 5.91 Å². The average Bonchev–Trinajstić information content (AvgIpc) is 3.20. The second-order valence-electron chi connectivity index (χ2n) is 13.8. The summed E-state index contributed by atoms with van der Waals surface area (Å²) >= 11 is 0. The van der Waals surface area contributed by atoms with E-state index in [2.05, 4.69) is 72.0 Å². The van der Waals surface area contributed by atoms with E-state index in [0.29, 0.717) is 70.7 Å². The van der Waals surface area contributed by atoms with Crippen LogP contribution in [0, 0.1) is 0 Å². The summed E-state index contributed by atoms with van der Waals surface area (Å²) in [5.41, 5.74) is 8.71. The number of aliphatic imine (C=N–C) groups is 1. The largest absolute Gasteiger partial charge is 0.493 e. The molecule has 0 aromatic heterocycles. The number of aldehydes is 1.